The van der Waals surface area contributed by atoms with E-state index in [0.717, 1.165) is 17.2 Å². The zero-order valence-corrected chi connectivity index (χ0v) is 15.5. The van der Waals surface area contributed by atoms with Crippen LogP contribution in [0.5, 0.6) is 0 Å². The average molecular weight is 321 g/mol. The molecule has 3 fully saturated rings. The third-order valence-corrected chi connectivity index (χ3v) is 10.0. The molecule has 0 saturated heterocycles. The molecule has 0 aromatic carbocycles. The molecule has 0 atom stereocenters. The van der Waals surface area contributed by atoms with Gasteiger partial charge >= 0.3 is 0 Å². The highest BCUT2D eigenvalue weighted by Crippen LogP contribution is 2.55. The van der Waals surface area contributed by atoms with Gasteiger partial charge in [-0.1, -0.05) is 77.9 Å². The predicted molar refractivity (Wildman–Crippen MR) is 101 cm³/mol. The molecule has 3 rings (SSSR count). The number of rotatable bonds is 5. The van der Waals surface area contributed by atoms with Crippen LogP contribution < -0.4 is 0 Å². The standard InChI is InChI=1S/C21H37P/c1-4-11-19(12-5-1)13-10-18-22(20-14-6-2-7-15-20)21-16-8-3-9-17-21/h10,13,19-21H,1-9,11-12,14-18H2. The molecule has 22 heavy (non-hydrogen) atoms. The van der Waals surface area contributed by atoms with Crippen LogP contribution in [0.3, 0.4) is 0 Å². The molecule has 0 aromatic heterocycles. The lowest BCUT2D eigenvalue weighted by atomic mass is 9.89. The largest absolute Gasteiger partial charge is 0.0965 e. The van der Waals surface area contributed by atoms with E-state index in [0.29, 0.717) is 0 Å². The van der Waals surface area contributed by atoms with Gasteiger partial charge in [-0.2, -0.15) is 0 Å². The fraction of sp³-hybridized carbons (Fsp3) is 0.905. The molecular weight excluding hydrogens is 283 g/mol. The molecule has 0 spiro atoms. The van der Waals surface area contributed by atoms with Crippen LogP contribution >= 0.6 is 7.92 Å². The second-order valence-electron chi connectivity index (χ2n) is 8.11. The minimum atomic E-state index is 0.289. The maximum absolute atomic E-state index is 2.66. The maximum atomic E-state index is 2.66. The lowest BCUT2D eigenvalue weighted by molar-refractivity contribution is 0.419. The minimum absolute atomic E-state index is 0.289. The Morgan fingerprint density at radius 2 is 1.05 bits per heavy atom. The molecule has 0 nitrogen and oxygen atoms in total. The number of hydrogen-bond acceptors (Lipinski definition) is 0. The van der Waals surface area contributed by atoms with Crippen molar-refractivity contribution in [1.82, 2.24) is 0 Å². The topological polar surface area (TPSA) is 0 Å². The molecule has 0 bridgehead atoms. The Morgan fingerprint density at radius 3 is 1.55 bits per heavy atom. The van der Waals surface area contributed by atoms with E-state index in [4.69, 9.17) is 0 Å². The summed E-state index contributed by atoms with van der Waals surface area (Å²) in [5.41, 5.74) is 2.26. The van der Waals surface area contributed by atoms with E-state index >= 15 is 0 Å². The molecule has 0 N–H and O–H groups in total. The second-order valence-corrected chi connectivity index (χ2v) is 11.0. The van der Waals surface area contributed by atoms with Crippen LogP contribution in [-0.2, 0) is 0 Å². The lowest BCUT2D eigenvalue weighted by Gasteiger charge is -2.38. The lowest BCUT2D eigenvalue weighted by Crippen LogP contribution is -2.21. The monoisotopic (exact) mass is 320 g/mol. The third kappa shape index (κ3) is 5.09. The Hall–Kier alpha value is 0.170. The van der Waals surface area contributed by atoms with Crippen LogP contribution in [0, 0.1) is 5.92 Å². The normalized spacial score (nSPS) is 27.0. The zero-order chi connectivity index (χ0) is 15.0. The summed E-state index contributed by atoms with van der Waals surface area (Å²) in [7, 11) is 0.289. The quantitative estimate of drug-likeness (QED) is 0.369. The van der Waals surface area contributed by atoms with Crippen molar-refractivity contribution in [3.8, 4) is 0 Å². The summed E-state index contributed by atoms with van der Waals surface area (Å²) in [6.45, 7) is 0. The first-order chi connectivity index (χ1) is 10.9. The van der Waals surface area contributed by atoms with Crippen molar-refractivity contribution >= 4 is 7.92 Å². The van der Waals surface area contributed by atoms with Gasteiger partial charge in [-0.3, -0.25) is 0 Å². The highest BCUT2D eigenvalue weighted by molar-refractivity contribution is 7.59. The first kappa shape index (κ1) is 17.0. The van der Waals surface area contributed by atoms with Gasteiger partial charge in [0, 0.05) is 0 Å². The SMILES string of the molecule is C(=CC1CCCCC1)CP(C1CCCCC1)C1CCCCC1. The van der Waals surface area contributed by atoms with Gasteiger partial charge in [0.15, 0.2) is 0 Å². The van der Waals surface area contributed by atoms with Crippen molar-refractivity contribution < 1.29 is 0 Å². The van der Waals surface area contributed by atoms with Gasteiger partial charge in [0.05, 0.1) is 0 Å². The molecule has 1 heteroatoms. The van der Waals surface area contributed by atoms with Crippen molar-refractivity contribution in [3.63, 3.8) is 0 Å². The van der Waals surface area contributed by atoms with Gasteiger partial charge in [-0.15, -0.1) is 0 Å². The summed E-state index contributed by atoms with van der Waals surface area (Å²) < 4.78 is 0. The fourth-order valence-corrected chi connectivity index (χ4v) is 8.74. The van der Waals surface area contributed by atoms with E-state index in [1.54, 1.807) is 25.7 Å². The molecular formula is C21H37P. The molecule has 0 unspecified atom stereocenters. The molecule has 3 aliphatic carbocycles. The van der Waals surface area contributed by atoms with Crippen molar-refractivity contribution in [2.45, 2.75) is 108 Å². The van der Waals surface area contributed by atoms with Gasteiger partial charge in [0.2, 0.25) is 0 Å². The predicted octanol–water partition coefficient (Wildman–Crippen LogP) is 7.27. The van der Waals surface area contributed by atoms with Gasteiger partial charge in [0.1, 0.15) is 0 Å². The average Bonchev–Trinajstić information content (AvgIpc) is 2.61. The summed E-state index contributed by atoms with van der Waals surface area (Å²) >= 11 is 0. The van der Waals surface area contributed by atoms with E-state index in [1.165, 1.54) is 76.8 Å². The van der Waals surface area contributed by atoms with E-state index < -0.39 is 0 Å². The highest BCUT2D eigenvalue weighted by Gasteiger charge is 2.30. The van der Waals surface area contributed by atoms with E-state index in [-0.39, 0.29) is 7.92 Å². The Balaban J connectivity index is 1.55. The van der Waals surface area contributed by atoms with Gasteiger partial charge in [0.25, 0.3) is 0 Å². The Bertz CT molecular complexity index is 299. The van der Waals surface area contributed by atoms with E-state index in [1.807, 2.05) is 0 Å². The van der Waals surface area contributed by atoms with Crippen molar-refractivity contribution in [3.05, 3.63) is 12.2 Å². The van der Waals surface area contributed by atoms with Crippen LogP contribution in [0.2, 0.25) is 0 Å². The van der Waals surface area contributed by atoms with Crippen LogP contribution in [0.4, 0.5) is 0 Å². The smallest absolute Gasteiger partial charge is 0.0140 e. The van der Waals surface area contributed by atoms with Crippen LogP contribution in [0.15, 0.2) is 12.2 Å². The van der Waals surface area contributed by atoms with Crippen molar-refractivity contribution in [2.75, 3.05) is 6.16 Å². The fourth-order valence-electron chi connectivity index (χ4n) is 5.12. The Morgan fingerprint density at radius 1 is 0.591 bits per heavy atom. The molecule has 0 radical (unpaired) electrons. The summed E-state index contributed by atoms with van der Waals surface area (Å²) in [5, 5.41) is 0. The minimum Gasteiger partial charge on any atom is -0.0965 e. The highest BCUT2D eigenvalue weighted by atomic mass is 31.1. The first-order valence-corrected chi connectivity index (χ1v) is 12.0. The van der Waals surface area contributed by atoms with Gasteiger partial charge in [-0.25, -0.2) is 0 Å². The molecule has 3 aliphatic rings. The molecule has 0 amide bonds. The van der Waals surface area contributed by atoms with Gasteiger partial charge < -0.3 is 0 Å². The summed E-state index contributed by atoms with van der Waals surface area (Å²) in [4.78, 5) is 0. The Labute approximate surface area is 140 Å². The molecule has 0 aromatic rings. The van der Waals surface area contributed by atoms with Gasteiger partial charge in [-0.05, 0) is 61.9 Å². The number of hydrogen-bond donors (Lipinski definition) is 0. The Kier molecular flexibility index (Phi) is 7.31. The summed E-state index contributed by atoms with van der Waals surface area (Å²) in [6.07, 6.45) is 29.6. The van der Waals surface area contributed by atoms with E-state index in [9.17, 15) is 0 Å². The third-order valence-electron chi connectivity index (χ3n) is 6.46. The second kappa shape index (κ2) is 9.46. The molecule has 0 aliphatic heterocycles. The van der Waals surface area contributed by atoms with E-state index in [2.05, 4.69) is 12.2 Å². The zero-order valence-electron chi connectivity index (χ0n) is 14.6. The van der Waals surface area contributed by atoms with Crippen LogP contribution in [0.1, 0.15) is 96.3 Å². The molecule has 126 valence electrons. The number of allylic oxidation sites excluding steroid dienone is 2. The van der Waals surface area contributed by atoms with Crippen molar-refractivity contribution in [2.24, 2.45) is 5.92 Å². The summed E-state index contributed by atoms with van der Waals surface area (Å²) in [6, 6.07) is 0. The molecule has 0 heterocycles. The van der Waals surface area contributed by atoms with Crippen LogP contribution in [0.25, 0.3) is 0 Å². The molecule has 3 saturated carbocycles. The van der Waals surface area contributed by atoms with Crippen LogP contribution in [-0.4, -0.2) is 17.5 Å². The first-order valence-electron chi connectivity index (χ1n) is 10.4. The van der Waals surface area contributed by atoms with Crippen molar-refractivity contribution in [1.29, 1.82) is 0 Å². The maximum Gasteiger partial charge on any atom is -0.0140 e. The summed E-state index contributed by atoms with van der Waals surface area (Å²) in [5.74, 6) is 0.934.